The van der Waals surface area contributed by atoms with Crippen LogP contribution in [0.2, 0.25) is 18.1 Å². The quantitative estimate of drug-likeness (QED) is 0.304. The van der Waals surface area contributed by atoms with Crippen molar-refractivity contribution in [1.82, 2.24) is 34.5 Å². The average Bonchev–Trinajstić information content (AvgIpc) is 3.45. The number of nitrogens with two attached hydrogens (primary N) is 1. The summed E-state index contributed by atoms with van der Waals surface area (Å²) in [4.78, 5) is 14.2. The Balaban J connectivity index is 1.60. The van der Waals surface area contributed by atoms with Gasteiger partial charge in [0.1, 0.15) is 17.0 Å². The molecule has 0 spiro atoms. The van der Waals surface area contributed by atoms with Crippen LogP contribution in [0.15, 0.2) is 60.9 Å². The Hall–Kier alpha value is -3.89. The molecule has 0 aliphatic rings. The van der Waals surface area contributed by atoms with E-state index in [0.717, 1.165) is 33.7 Å². The Morgan fingerprint density at radius 2 is 1.76 bits per heavy atom. The molecule has 0 saturated carbocycles. The minimum atomic E-state index is -1.85. The average molecular weight is 513 g/mol. The zero-order valence-electron chi connectivity index (χ0n) is 22.1. The fourth-order valence-corrected chi connectivity index (χ4v) is 4.84. The number of nitrogens with zero attached hydrogens (tertiary/aromatic N) is 7. The van der Waals surface area contributed by atoms with Crippen molar-refractivity contribution in [2.75, 3.05) is 5.73 Å². The number of benzene rings is 1. The molecule has 4 aromatic heterocycles. The van der Waals surface area contributed by atoms with E-state index in [1.165, 1.54) is 0 Å². The van der Waals surface area contributed by atoms with Gasteiger partial charge in [-0.05, 0) is 60.1 Å². The molecule has 0 aliphatic heterocycles. The second-order valence-corrected chi connectivity index (χ2v) is 15.5. The number of hydrogen-bond acceptors (Lipinski definition) is 7. The summed E-state index contributed by atoms with van der Waals surface area (Å²) in [5.74, 6) is 1.09. The van der Waals surface area contributed by atoms with Crippen LogP contribution in [-0.2, 0) is 18.1 Å². The highest BCUT2D eigenvalue weighted by Gasteiger charge is 2.37. The second kappa shape index (κ2) is 9.20. The fourth-order valence-electron chi connectivity index (χ4n) is 3.87. The maximum Gasteiger partial charge on any atom is 0.192 e. The Morgan fingerprint density at radius 3 is 2.41 bits per heavy atom. The molecule has 1 aromatic carbocycles. The summed E-state index contributed by atoms with van der Waals surface area (Å²) in [5, 5.41) is 8.21. The van der Waals surface area contributed by atoms with Crippen LogP contribution in [0.1, 0.15) is 26.3 Å². The first-order valence-electron chi connectivity index (χ1n) is 12.2. The number of aromatic nitrogens is 7. The highest BCUT2D eigenvalue weighted by atomic mass is 28.4. The van der Waals surface area contributed by atoms with E-state index in [1.807, 2.05) is 35.9 Å². The lowest BCUT2D eigenvalue weighted by Crippen LogP contribution is -2.40. The van der Waals surface area contributed by atoms with Crippen molar-refractivity contribution in [3.8, 4) is 28.5 Å². The number of pyridine rings is 2. The zero-order chi connectivity index (χ0) is 26.4. The van der Waals surface area contributed by atoms with E-state index in [-0.39, 0.29) is 5.04 Å². The third-order valence-electron chi connectivity index (χ3n) is 7.16. The Kier molecular flexibility index (Phi) is 6.16. The third-order valence-corrected chi connectivity index (χ3v) is 11.6. The minimum Gasteiger partial charge on any atom is -0.413 e. The summed E-state index contributed by atoms with van der Waals surface area (Å²) in [7, 11) is -0.000592. The predicted octanol–water partition coefficient (Wildman–Crippen LogP) is 5.38. The Labute approximate surface area is 217 Å². The molecule has 0 saturated heterocycles. The van der Waals surface area contributed by atoms with Crippen LogP contribution in [0, 0.1) is 0 Å². The standard InChI is InChI=1S/C27H32N8OSi/c1-27(2,3)37(5,6)36-17-18-9-11-19(12-10-18)35-25(20-8-7-15-29-24(20)28)32-22-14-13-21(31-26(22)35)23-16-30-33-34(23)4/h7-16H,17H2,1-6H3,(H2,28,29). The normalized spacial score (nSPS) is 12.4. The van der Waals surface area contributed by atoms with Gasteiger partial charge in [-0.2, -0.15) is 0 Å². The van der Waals surface area contributed by atoms with Gasteiger partial charge in [0.05, 0.1) is 24.1 Å². The number of aryl methyl sites for hydroxylation is 1. The third kappa shape index (κ3) is 4.65. The van der Waals surface area contributed by atoms with Gasteiger partial charge < -0.3 is 10.2 Å². The smallest absolute Gasteiger partial charge is 0.192 e. The van der Waals surface area contributed by atoms with Crippen molar-refractivity contribution < 1.29 is 4.43 Å². The van der Waals surface area contributed by atoms with E-state index >= 15 is 0 Å². The summed E-state index contributed by atoms with van der Waals surface area (Å²) >= 11 is 0. The number of nitrogen functional groups attached to an aromatic ring is 1. The van der Waals surface area contributed by atoms with Crippen LogP contribution < -0.4 is 5.73 Å². The molecule has 5 aromatic rings. The first-order valence-corrected chi connectivity index (χ1v) is 15.1. The van der Waals surface area contributed by atoms with E-state index in [4.69, 9.17) is 20.1 Å². The second-order valence-electron chi connectivity index (χ2n) is 10.7. The van der Waals surface area contributed by atoms with Crippen molar-refractivity contribution in [3.05, 3.63) is 66.5 Å². The summed E-state index contributed by atoms with van der Waals surface area (Å²) in [5.41, 5.74) is 12.1. The maximum atomic E-state index is 6.43. The first kappa shape index (κ1) is 24.8. The molecule has 190 valence electrons. The largest absolute Gasteiger partial charge is 0.413 e. The highest BCUT2D eigenvalue weighted by Crippen LogP contribution is 2.37. The van der Waals surface area contributed by atoms with Gasteiger partial charge in [-0.3, -0.25) is 4.57 Å². The number of fused-ring (bicyclic) bond motifs is 1. The topological polar surface area (TPSA) is 110 Å². The lowest BCUT2D eigenvalue weighted by molar-refractivity contribution is 0.276. The van der Waals surface area contributed by atoms with Crippen molar-refractivity contribution in [2.24, 2.45) is 7.05 Å². The molecule has 9 nitrogen and oxygen atoms in total. The zero-order valence-corrected chi connectivity index (χ0v) is 23.1. The van der Waals surface area contributed by atoms with Crippen LogP contribution >= 0.6 is 0 Å². The molecule has 0 bridgehead atoms. The Bertz CT molecular complexity index is 1560. The molecule has 4 heterocycles. The molecule has 2 N–H and O–H groups in total. The van der Waals surface area contributed by atoms with Gasteiger partial charge in [-0.1, -0.05) is 38.1 Å². The van der Waals surface area contributed by atoms with Gasteiger partial charge in [0, 0.05) is 18.9 Å². The summed E-state index contributed by atoms with van der Waals surface area (Å²) in [6, 6.07) is 16.0. The monoisotopic (exact) mass is 512 g/mol. The summed E-state index contributed by atoms with van der Waals surface area (Å²) in [6.07, 6.45) is 3.38. The molecule has 0 atom stereocenters. The minimum absolute atomic E-state index is 0.161. The lowest BCUT2D eigenvalue weighted by atomic mass is 10.2. The molecule has 0 fully saturated rings. The number of rotatable bonds is 6. The van der Waals surface area contributed by atoms with Crippen LogP contribution in [0.25, 0.3) is 39.6 Å². The maximum absolute atomic E-state index is 6.43. The number of anilines is 1. The van der Waals surface area contributed by atoms with Gasteiger partial charge in [0.15, 0.2) is 19.8 Å². The van der Waals surface area contributed by atoms with Crippen molar-refractivity contribution in [2.45, 2.75) is 45.5 Å². The van der Waals surface area contributed by atoms with Crippen LogP contribution in [0.4, 0.5) is 5.82 Å². The van der Waals surface area contributed by atoms with E-state index in [0.29, 0.717) is 23.9 Å². The van der Waals surface area contributed by atoms with E-state index in [1.54, 1.807) is 17.1 Å². The molecule has 0 amide bonds. The van der Waals surface area contributed by atoms with Crippen LogP contribution in [0.3, 0.4) is 0 Å². The molecule has 0 radical (unpaired) electrons. The number of imidazole rings is 1. The highest BCUT2D eigenvalue weighted by molar-refractivity contribution is 6.74. The van der Waals surface area contributed by atoms with Crippen molar-refractivity contribution in [3.63, 3.8) is 0 Å². The molecule has 5 rings (SSSR count). The SMILES string of the molecule is Cn1nncc1-c1ccc2nc(-c3cccnc3N)n(-c3ccc(CO[Si](C)(C)C(C)(C)C)cc3)c2n1. The van der Waals surface area contributed by atoms with Crippen molar-refractivity contribution in [1.29, 1.82) is 0 Å². The van der Waals surface area contributed by atoms with Crippen LogP contribution in [-0.4, -0.2) is 42.8 Å². The summed E-state index contributed by atoms with van der Waals surface area (Å²) in [6.45, 7) is 11.9. The van der Waals surface area contributed by atoms with Gasteiger partial charge in [-0.15, -0.1) is 5.10 Å². The van der Waals surface area contributed by atoms with Gasteiger partial charge in [0.25, 0.3) is 0 Å². The van der Waals surface area contributed by atoms with Gasteiger partial charge in [0.2, 0.25) is 0 Å². The molecular weight excluding hydrogens is 480 g/mol. The predicted molar refractivity (Wildman–Crippen MR) is 148 cm³/mol. The van der Waals surface area contributed by atoms with Gasteiger partial charge in [-0.25, -0.2) is 19.6 Å². The molecule has 0 aliphatic carbocycles. The lowest BCUT2D eigenvalue weighted by Gasteiger charge is -2.36. The fraction of sp³-hybridized carbons (Fsp3) is 0.296. The first-order chi connectivity index (χ1) is 17.5. The Morgan fingerprint density at radius 1 is 1.00 bits per heavy atom. The van der Waals surface area contributed by atoms with E-state index in [2.05, 4.69) is 73.4 Å². The summed E-state index contributed by atoms with van der Waals surface area (Å²) < 4.78 is 10.1. The van der Waals surface area contributed by atoms with Gasteiger partial charge >= 0.3 is 0 Å². The van der Waals surface area contributed by atoms with E-state index < -0.39 is 8.32 Å². The molecule has 10 heteroatoms. The molecule has 37 heavy (non-hydrogen) atoms. The van der Waals surface area contributed by atoms with E-state index in [9.17, 15) is 0 Å². The number of hydrogen-bond donors (Lipinski definition) is 1. The van der Waals surface area contributed by atoms with Crippen LogP contribution in [0.5, 0.6) is 0 Å². The molecule has 0 unspecified atom stereocenters. The van der Waals surface area contributed by atoms with Crippen molar-refractivity contribution >= 4 is 25.3 Å². The molecular formula is C27H32N8OSi.